The molecule has 0 aromatic carbocycles. The van der Waals surface area contributed by atoms with Crippen LogP contribution in [0.4, 0.5) is 0 Å². The molecule has 1 aromatic rings. The molecule has 5 nitrogen and oxygen atoms in total. The van der Waals surface area contributed by atoms with Crippen molar-refractivity contribution in [3.63, 3.8) is 0 Å². The molecular formula is C23H36N4O. The van der Waals surface area contributed by atoms with Crippen molar-refractivity contribution in [2.75, 3.05) is 26.2 Å². The fraction of sp³-hybridized carbons (Fsp3) is 0.739. The summed E-state index contributed by atoms with van der Waals surface area (Å²) >= 11 is 0. The second kappa shape index (κ2) is 9.84. The largest absolute Gasteiger partial charge is 0.352 e. The predicted molar refractivity (Wildman–Crippen MR) is 112 cm³/mol. The highest BCUT2D eigenvalue weighted by atomic mass is 16.1. The van der Waals surface area contributed by atoms with E-state index >= 15 is 0 Å². The fourth-order valence-corrected chi connectivity index (χ4v) is 5.43. The number of pyridine rings is 1. The molecule has 4 rings (SSSR count). The van der Waals surface area contributed by atoms with E-state index in [0.717, 1.165) is 43.6 Å². The maximum absolute atomic E-state index is 12.5. The van der Waals surface area contributed by atoms with Gasteiger partial charge >= 0.3 is 0 Å². The van der Waals surface area contributed by atoms with Crippen LogP contribution in [0.15, 0.2) is 24.5 Å². The Balaban J connectivity index is 1.17. The van der Waals surface area contributed by atoms with Gasteiger partial charge in [0.2, 0.25) is 5.91 Å². The van der Waals surface area contributed by atoms with Gasteiger partial charge in [-0.2, -0.15) is 0 Å². The normalized spacial score (nSPS) is 24.3. The minimum atomic E-state index is 0.176. The van der Waals surface area contributed by atoms with Crippen molar-refractivity contribution in [2.24, 2.45) is 5.92 Å². The zero-order valence-electron chi connectivity index (χ0n) is 17.2. The first-order valence-corrected chi connectivity index (χ1v) is 11.4. The summed E-state index contributed by atoms with van der Waals surface area (Å²) in [7, 11) is 0. The number of hydrogen-bond donors (Lipinski definition) is 1. The van der Waals surface area contributed by atoms with Crippen LogP contribution in [0.5, 0.6) is 0 Å². The van der Waals surface area contributed by atoms with Gasteiger partial charge in [-0.25, -0.2) is 0 Å². The lowest BCUT2D eigenvalue weighted by Crippen LogP contribution is -2.51. The van der Waals surface area contributed by atoms with E-state index in [9.17, 15) is 4.79 Å². The highest BCUT2D eigenvalue weighted by Crippen LogP contribution is 2.28. The van der Waals surface area contributed by atoms with Crippen LogP contribution in [-0.4, -0.2) is 59.0 Å². The van der Waals surface area contributed by atoms with E-state index < -0.39 is 0 Å². The van der Waals surface area contributed by atoms with E-state index in [4.69, 9.17) is 0 Å². The Kier molecular flexibility index (Phi) is 6.97. The number of nitrogens with zero attached hydrogens (tertiary/aromatic N) is 3. The Morgan fingerprint density at radius 3 is 2.21 bits per heavy atom. The van der Waals surface area contributed by atoms with Crippen molar-refractivity contribution in [3.8, 4) is 0 Å². The second-order valence-corrected chi connectivity index (χ2v) is 8.95. The van der Waals surface area contributed by atoms with Gasteiger partial charge in [-0.15, -0.1) is 0 Å². The molecule has 1 amide bonds. The van der Waals surface area contributed by atoms with Crippen LogP contribution < -0.4 is 5.32 Å². The molecule has 3 fully saturated rings. The monoisotopic (exact) mass is 384 g/mol. The average Bonchev–Trinajstić information content (AvgIpc) is 2.79. The standard InChI is InChI=1S/C23H36N4O/c28-23(25-18-19-5-4-12-24-17-19)20-8-13-26(14-9-20)22-10-15-27(16-11-22)21-6-2-1-3-7-21/h4-5,12,17,20-22H,1-3,6-11,13-16,18H2,(H,25,28). The topological polar surface area (TPSA) is 48.5 Å². The molecule has 3 heterocycles. The minimum absolute atomic E-state index is 0.176. The molecule has 1 aliphatic carbocycles. The molecule has 154 valence electrons. The summed E-state index contributed by atoms with van der Waals surface area (Å²) < 4.78 is 0. The predicted octanol–water partition coefficient (Wildman–Crippen LogP) is 3.21. The molecule has 5 heteroatoms. The summed E-state index contributed by atoms with van der Waals surface area (Å²) in [5.41, 5.74) is 1.07. The van der Waals surface area contributed by atoms with Gasteiger partial charge in [0.25, 0.3) is 0 Å². The number of amides is 1. The smallest absolute Gasteiger partial charge is 0.223 e. The number of carbonyl (C=O) groups is 1. The number of carbonyl (C=O) groups excluding carboxylic acids is 1. The van der Waals surface area contributed by atoms with Crippen molar-refractivity contribution in [1.82, 2.24) is 20.1 Å². The molecule has 0 radical (unpaired) electrons. The van der Waals surface area contributed by atoms with Crippen LogP contribution in [-0.2, 0) is 11.3 Å². The molecule has 0 spiro atoms. The Morgan fingerprint density at radius 1 is 0.929 bits per heavy atom. The van der Waals surface area contributed by atoms with Gasteiger partial charge in [-0.3, -0.25) is 9.78 Å². The van der Waals surface area contributed by atoms with E-state index in [1.54, 1.807) is 6.20 Å². The summed E-state index contributed by atoms with van der Waals surface area (Å²) in [6.45, 7) is 5.31. The highest BCUT2D eigenvalue weighted by Gasteiger charge is 2.32. The molecule has 0 unspecified atom stereocenters. The Morgan fingerprint density at radius 2 is 1.57 bits per heavy atom. The van der Waals surface area contributed by atoms with Gasteiger partial charge in [0.1, 0.15) is 0 Å². The highest BCUT2D eigenvalue weighted by molar-refractivity contribution is 5.78. The first-order chi connectivity index (χ1) is 13.8. The summed E-state index contributed by atoms with van der Waals surface area (Å²) in [5, 5.41) is 3.10. The average molecular weight is 385 g/mol. The van der Waals surface area contributed by atoms with Crippen LogP contribution in [0.1, 0.15) is 63.4 Å². The zero-order valence-corrected chi connectivity index (χ0v) is 17.2. The molecule has 28 heavy (non-hydrogen) atoms. The maximum atomic E-state index is 12.5. The van der Waals surface area contributed by atoms with Gasteiger partial charge in [-0.1, -0.05) is 25.3 Å². The van der Waals surface area contributed by atoms with E-state index in [2.05, 4.69) is 20.1 Å². The second-order valence-electron chi connectivity index (χ2n) is 8.95. The third kappa shape index (κ3) is 5.12. The molecule has 1 aromatic heterocycles. The van der Waals surface area contributed by atoms with Crippen molar-refractivity contribution in [1.29, 1.82) is 0 Å². The Hall–Kier alpha value is -1.46. The lowest BCUT2D eigenvalue weighted by molar-refractivity contribution is -0.126. The third-order valence-corrected chi connectivity index (χ3v) is 7.20. The van der Waals surface area contributed by atoms with Crippen LogP contribution in [0, 0.1) is 5.92 Å². The molecule has 0 atom stereocenters. The van der Waals surface area contributed by atoms with Crippen LogP contribution >= 0.6 is 0 Å². The fourth-order valence-electron chi connectivity index (χ4n) is 5.43. The molecule has 0 bridgehead atoms. The van der Waals surface area contributed by atoms with Gasteiger partial charge in [0.15, 0.2) is 0 Å². The summed E-state index contributed by atoms with van der Waals surface area (Å²) in [6, 6.07) is 5.53. The summed E-state index contributed by atoms with van der Waals surface area (Å²) in [6.07, 6.45) is 15.4. The lowest BCUT2D eigenvalue weighted by atomic mass is 9.90. The van der Waals surface area contributed by atoms with Gasteiger partial charge < -0.3 is 15.1 Å². The summed E-state index contributed by atoms with van der Waals surface area (Å²) in [4.78, 5) is 22.1. The van der Waals surface area contributed by atoms with Crippen molar-refractivity contribution in [2.45, 2.75) is 76.4 Å². The Labute approximate surface area is 169 Å². The molecule has 2 aliphatic heterocycles. The number of aromatic nitrogens is 1. The number of piperidine rings is 2. The van der Waals surface area contributed by atoms with E-state index in [1.807, 2.05) is 18.3 Å². The molecule has 2 saturated heterocycles. The van der Waals surface area contributed by atoms with Crippen molar-refractivity contribution >= 4 is 5.91 Å². The van der Waals surface area contributed by atoms with Crippen LogP contribution in [0.2, 0.25) is 0 Å². The van der Waals surface area contributed by atoms with E-state index in [0.29, 0.717) is 6.54 Å². The zero-order chi connectivity index (χ0) is 19.2. The molecule has 1 saturated carbocycles. The number of hydrogen-bond acceptors (Lipinski definition) is 4. The quantitative estimate of drug-likeness (QED) is 0.847. The minimum Gasteiger partial charge on any atom is -0.352 e. The van der Waals surface area contributed by atoms with Gasteiger partial charge in [0.05, 0.1) is 0 Å². The molecular weight excluding hydrogens is 348 g/mol. The third-order valence-electron chi connectivity index (χ3n) is 7.20. The molecule has 3 aliphatic rings. The molecule has 1 N–H and O–H groups in total. The van der Waals surface area contributed by atoms with Crippen LogP contribution in [0.25, 0.3) is 0 Å². The Bertz CT molecular complexity index is 600. The maximum Gasteiger partial charge on any atom is 0.223 e. The first-order valence-electron chi connectivity index (χ1n) is 11.4. The summed E-state index contributed by atoms with van der Waals surface area (Å²) in [5.74, 6) is 0.394. The lowest BCUT2D eigenvalue weighted by Gasteiger charge is -2.44. The number of likely N-dealkylation sites (tertiary alicyclic amines) is 2. The van der Waals surface area contributed by atoms with Crippen molar-refractivity contribution in [3.05, 3.63) is 30.1 Å². The van der Waals surface area contributed by atoms with E-state index in [-0.39, 0.29) is 11.8 Å². The van der Waals surface area contributed by atoms with Gasteiger partial charge in [-0.05, 0) is 76.3 Å². The number of rotatable bonds is 5. The van der Waals surface area contributed by atoms with Crippen LogP contribution in [0.3, 0.4) is 0 Å². The first kappa shape index (κ1) is 19.8. The van der Waals surface area contributed by atoms with Gasteiger partial charge in [0, 0.05) is 36.9 Å². The SMILES string of the molecule is O=C(NCc1cccnc1)C1CCN(C2CCN(C3CCCCC3)CC2)CC1. The van der Waals surface area contributed by atoms with Crippen molar-refractivity contribution < 1.29 is 4.79 Å². The van der Waals surface area contributed by atoms with E-state index in [1.165, 1.54) is 58.0 Å². The number of nitrogens with one attached hydrogen (secondary N) is 1.